The summed E-state index contributed by atoms with van der Waals surface area (Å²) in [4.78, 5) is 49.8. The highest BCUT2D eigenvalue weighted by molar-refractivity contribution is 8.03. The average molecular weight is 548 g/mol. The molecule has 14 heteroatoms. The zero-order chi connectivity index (χ0) is 26.7. The zero-order valence-electron chi connectivity index (χ0n) is 19.3. The van der Waals surface area contributed by atoms with E-state index in [1.807, 2.05) is 6.07 Å². The summed E-state index contributed by atoms with van der Waals surface area (Å²) in [6.45, 7) is -0.281. The zero-order valence-corrected chi connectivity index (χ0v) is 20.9. The Bertz CT molecular complexity index is 1360. The predicted molar refractivity (Wildman–Crippen MR) is 131 cm³/mol. The number of thioether (sulfide) groups is 1. The summed E-state index contributed by atoms with van der Waals surface area (Å²) in [5, 5.41) is 14.1. The molecule has 37 heavy (non-hydrogen) atoms. The number of carbonyl (C=O) groups is 3. The first kappa shape index (κ1) is 26.2. The normalized spacial score (nSPS) is 20.7. The number of hydrogen-bond donors (Lipinski definition) is 1. The smallest absolute Gasteiger partial charge is 0.337 e. The van der Waals surface area contributed by atoms with Gasteiger partial charge in [0.2, 0.25) is 11.8 Å². The number of benzene rings is 2. The van der Waals surface area contributed by atoms with Crippen LogP contribution in [0.5, 0.6) is 0 Å². The van der Waals surface area contributed by atoms with Gasteiger partial charge in [0.25, 0.3) is 5.69 Å². The van der Waals surface area contributed by atoms with E-state index >= 15 is 0 Å². The second-order valence-corrected chi connectivity index (χ2v) is 10.8. The van der Waals surface area contributed by atoms with Crippen LogP contribution in [0, 0.1) is 10.1 Å². The highest BCUT2D eigenvalue weighted by atomic mass is 32.2. The van der Waals surface area contributed by atoms with Crippen LogP contribution in [0.4, 0.5) is 5.69 Å². The third-order valence-electron chi connectivity index (χ3n) is 5.47. The lowest BCUT2D eigenvalue weighted by molar-refractivity contribution is -0.384. The quantitative estimate of drug-likeness (QED) is 0.160. The molecule has 0 spiro atoms. The second-order valence-electron chi connectivity index (χ2n) is 8.22. The van der Waals surface area contributed by atoms with Crippen molar-refractivity contribution in [2.45, 2.75) is 30.5 Å². The van der Waals surface area contributed by atoms with Gasteiger partial charge in [-0.3, -0.25) is 19.7 Å². The fraction of sp³-hybridized carbons (Fsp3) is 0.261. The molecule has 0 saturated carbocycles. The Morgan fingerprint density at radius 3 is 2.41 bits per heavy atom. The maximum atomic E-state index is 13.0. The lowest BCUT2D eigenvalue weighted by Crippen LogP contribution is -2.74. The van der Waals surface area contributed by atoms with Crippen molar-refractivity contribution in [2.75, 3.05) is 6.26 Å². The third-order valence-corrected chi connectivity index (χ3v) is 7.12. The molecule has 2 aliphatic rings. The molecule has 2 heterocycles. The van der Waals surface area contributed by atoms with Gasteiger partial charge >= 0.3 is 16.1 Å². The molecule has 194 valence electrons. The summed E-state index contributed by atoms with van der Waals surface area (Å²) in [6.07, 6.45) is 0.857. The Morgan fingerprint density at radius 2 is 1.78 bits per heavy atom. The molecule has 2 unspecified atom stereocenters. The van der Waals surface area contributed by atoms with Crippen LogP contribution >= 0.6 is 11.8 Å². The van der Waals surface area contributed by atoms with Gasteiger partial charge in [-0.2, -0.15) is 8.42 Å². The van der Waals surface area contributed by atoms with E-state index in [9.17, 15) is 32.9 Å². The van der Waals surface area contributed by atoms with E-state index in [0.717, 1.165) is 28.5 Å². The molecule has 0 radical (unpaired) electrons. The van der Waals surface area contributed by atoms with E-state index in [1.165, 1.54) is 29.7 Å². The number of carbonyl (C=O) groups excluding carboxylic acids is 3. The molecule has 2 aromatic rings. The molecule has 4 rings (SSSR count). The predicted octanol–water partition coefficient (Wildman–Crippen LogP) is 1.47. The molecular weight excluding hydrogens is 526 g/mol. The SMILES string of the molecule is CS(=O)(=O)OC1=CS[C@H]2C(NC(=O)Cc3ccccc3)C(=O)N2C1C(=O)OCc1ccc([N+](=O)[O-])cc1. The summed E-state index contributed by atoms with van der Waals surface area (Å²) >= 11 is 1.03. The van der Waals surface area contributed by atoms with Crippen molar-refractivity contribution < 1.29 is 36.6 Å². The van der Waals surface area contributed by atoms with E-state index in [1.54, 1.807) is 24.3 Å². The van der Waals surface area contributed by atoms with Crippen molar-refractivity contribution in [3.8, 4) is 0 Å². The molecule has 1 fully saturated rings. The summed E-state index contributed by atoms with van der Waals surface area (Å²) in [5.41, 5.74) is 1.06. The number of nitro benzene ring substituents is 1. The summed E-state index contributed by atoms with van der Waals surface area (Å²) in [5.74, 6) is -2.25. The molecule has 0 aromatic heterocycles. The summed E-state index contributed by atoms with van der Waals surface area (Å²) in [6, 6.07) is 11.8. The number of nitrogens with one attached hydrogen (secondary N) is 1. The second kappa shape index (κ2) is 10.6. The lowest BCUT2D eigenvalue weighted by atomic mass is 10.0. The summed E-state index contributed by atoms with van der Waals surface area (Å²) < 4.78 is 33.8. The number of esters is 1. The molecule has 1 saturated heterocycles. The fourth-order valence-electron chi connectivity index (χ4n) is 3.80. The maximum Gasteiger partial charge on any atom is 0.337 e. The molecule has 12 nitrogen and oxygen atoms in total. The Hall–Kier alpha value is -3.91. The van der Waals surface area contributed by atoms with Crippen LogP contribution in [0.3, 0.4) is 0 Å². The number of non-ortho nitro benzene ring substituents is 1. The maximum absolute atomic E-state index is 13.0. The van der Waals surface area contributed by atoms with Crippen LogP contribution in [0.2, 0.25) is 0 Å². The van der Waals surface area contributed by atoms with Gasteiger partial charge in [0.15, 0.2) is 11.8 Å². The van der Waals surface area contributed by atoms with Crippen LogP contribution in [0.15, 0.2) is 65.8 Å². The first-order valence-corrected chi connectivity index (χ1v) is 13.6. The van der Waals surface area contributed by atoms with Gasteiger partial charge in [0.1, 0.15) is 18.0 Å². The Labute approximate surface area is 215 Å². The van der Waals surface area contributed by atoms with Crippen molar-refractivity contribution >= 4 is 45.4 Å². The highest BCUT2D eigenvalue weighted by Crippen LogP contribution is 2.41. The van der Waals surface area contributed by atoms with E-state index in [-0.39, 0.29) is 30.4 Å². The molecule has 0 aliphatic carbocycles. The Kier molecular flexibility index (Phi) is 7.50. The topological polar surface area (TPSA) is 162 Å². The monoisotopic (exact) mass is 547 g/mol. The van der Waals surface area contributed by atoms with Gasteiger partial charge in [-0.15, -0.1) is 11.8 Å². The first-order valence-electron chi connectivity index (χ1n) is 10.8. The molecule has 2 amide bonds. The number of hydrogen-bond acceptors (Lipinski definition) is 10. The lowest BCUT2D eigenvalue weighted by Gasteiger charge is -2.50. The standard InChI is InChI=1S/C23H21N3O9S2/c1-37(32,33)35-17-13-36-22-19(24-18(27)11-14-5-3-2-4-6-14)21(28)25(22)20(17)23(29)34-12-15-7-9-16(10-8-15)26(30)31/h2-10,13,19-20,22H,11-12H2,1H3,(H,24,27)/t19?,20?,22-/m0/s1. The number of rotatable bonds is 9. The first-order chi connectivity index (χ1) is 17.5. The van der Waals surface area contributed by atoms with E-state index in [2.05, 4.69) is 5.32 Å². The third kappa shape index (κ3) is 6.09. The minimum absolute atomic E-state index is 0.0565. The van der Waals surface area contributed by atoms with Gasteiger partial charge < -0.3 is 19.1 Å². The van der Waals surface area contributed by atoms with Gasteiger partial charge in [-0.25, -0.2) is 4.79 Å². The number of fused-ring (bicyclic) bond motifs is 1. The highest BCUT2D eigenvalue weighted by Gasteiger charge is 2.57. The number of β-lactam (4-membered cyclic amide) rings is 1. The van der Waals surface area contributed by atoms with E-state index < -0.39 is 44.4 Å². The molecule has 1 N–H and O–H groups in total. The van der Waals surface area contributed by atoms with Crippen LogP contribution in [-0.2, 0) is 46.4 Å². The van der Waals surface area contributed by atoms with Crippen molar-refractivity contribution in [3.63, 3.8) is 0 Å². The van der Waals surface area contributed by atoms with Gasteiger partial charge in [0, 0.05) is 17.5 Å². The summed E-state index contributed by atoms with van der Waals surface area (Å²) in [7, 11) is -4.03. The van der Waals surface area contributed by atoms with Crippen LogP contribution in [-0.4, -0.2) is 59.7 Å². The van der Waals surface area contributed by atoms with Crippen molar-refractivity contribution in [2.24, 2.45) is 0 Å². The van der Waals surface area contributed by atoms with Crippen molar-refractivity contribution in [1.29, 1.82) is 0 Å². The van der Waals surface area contributed by atoms with Crippen LogP contribution < -0.4 is 5.32 Å². The largest absolute Gasteiger partial charge is 0.459 e. The van der Waals surface area contributed by atoms with Gasteiger partial charge in [-0.05, 0) is 23.3 Å². The minimum Gasteiger partial charge on any atom is -0.459 e. The number of nitro groups is 1. The Balaban J connectivity index is 1.47. The number of nitrogens with zero attached hydrogens (tertiary/aromatic N) is 2. The molecule has 3 atom stereocenters. The molecule has 2 aliphatic heterocycles. The molecular formula is C23H21N3O9S2. The van der Waals surface area contributed by atoms with Crippen molar-refractivity contribution in [3.05, 3.63) is 87.0 Å². The fourth-order valence-corrected chi connectivity index (χ4v) is 5.50. The van der Waals surface area contributed by atoms with Crippen LogP contribution in [0.25, 0.3) is 0 Å². The number of amides is 2. The number of ether oxygens (including phenoxy) is 1. The van der Waals surface area contributed by atoms with Gasteiger partial charge in [-0.1, -0.05) is 30.3 Å². The molecule has 0 bridgehead atoms. The Morgan fingerprint density at radius 1 is 1.11 bits per heavy atom. The van der Waals surface area contributed by atoms with Crippen molar-refractivity contribution in [1.82, 2.24) is 10.2 Å². The van der Waals surface area contributed by atoms with E-state index in [0.29, 0.717) is 5.56 Å². The minimum atomic E-state index is -4.03. The van der Waals surface area contributed by atoms with E-state index in [4.69, 9.17) is 8.92 Å². The average Bonchev–Trinajstić information content (AvgIpc) is 2.85. The van der Waals surface area contributed by atoms with Crippen LogP contribution in [0.1, 0.15) is 11.1 Å². The van der Waals surface area contributed by atoms with Gasteiger partial charge in [0.05, 0.1) is 17.6 Å². The molecule has 2 aromatic carbocycles.